The van der Waals surface area contributed by atoms with Gasteiger partial charge in [0.25, 0.3) is 0 Å². The average Bonchev–Trinajstić information content (AvgIpc) is 2.16. The Morgan fingerprint density at radius 3 is 2.53 bits per heavy atom. The fraction of sp³-hybridized carbons (Fsp3) is 0.455. The van der Waals surface area contributed by atoms with Gasteiger partial charge in [-0.25, -0.2) is 0 Å². The summed E-state index contributed by atoms with van der Waals surface area (Å²) in [5, 5.41) is 10.2. The number of aliphatic hydroxyl groups excluding tert-OH is 1. The third-order valence-corrected chi connectivity index (χ3v) is 2.35. The number of halogens is 1. The second-order valence-corrected chi connectivity index (χ2v) is 3.73. The van der Waals surface area contributed by atoms with E-state index < -0.39 is 6.10 Å². The van der Waals surface area contributed by atoms with Crippen LogP contribution in [0.3, 0.4) is 0 Å². The zero-order chi connectivity index (χ0) is 11.4. The lowest BCUT2D eigenvalue weighted by molar-refractivity contribution is 0.168. The highest BCUT2D eigenvalue weighted by molar-refractivity contribution is 6.30. The third kappa shape index (κ3) is 2.84. The summed E-state index contributed by atoms with van der Waals surface area (Å²) < 4.78 is 10.2. The molecule has 0 aliphatic heterocycles. The molecule has 0 saturated heterocycles. The van der Waals surface area contributed by atoms with Crippen molar-refractivity contribution in [2.45, 2.75) is 19.6 Å². The van der Waals surface area contributed by atoms with Crippen LogP contribution in [0.4, 0.5) is 0 Å². The smallest absolute Gasteiger partial charge is 0.126 e. The third-order valence-electron chi connectivity index (χ3n) is 2.13. The molecule has 1 aromatic carbocycles. The van der Waals surface area contributed by atoms with Crippen LogP contribution in [-0.4, -0.2) is 19.3 Å². The van der Waals surface area contributed by atoms with Gasteiger partial charge in [-0.1, -0.05) is 11.6 Å². The average molecular weight is 231 g/mol. The molecular formula is C11H15ClO3. The number of hydrogen-bond donors (Lipinski definition) is 1. The Bertz CT molecular complexity index is 337. The van der Waals surface area contributed by atoms with Crippen molar-refractivity contribution in [3.63, 3.8) is 0 Å². The zero-order valence-electron chi connectivity index (χ0n) is 9.08. The van der Waals surface area contributed by atoms with Crippen molar-refractivity contribution in [2.75, 3.05) is 14.2 Å². The molecule has 1 rings (SSSR count). The van der Waals surface area contributed by atoms with Gasteiger partial charge in [0.15, 0.2) is 0 Å². The molecule has 1 unspecified atom stereocenters. The fourth-order valence-electron chi connectivity index (χ4n) is 1.57. The number of methoxy groups -OCH3 is 2. The lowest BCUT2D eigenvalue weighted by atomic mass is 10.0. The van der Waals surface area contributed by atoms with Crippen molar-refractivity contribution in [3.05, 3.63) is 28.3 Å². The molecule has 1 N–H and O–H groups in total. The summed E-state index contributed by atoms with van der Waals surface area (Å²) in [4.78, 5) is 0. The Morgan fingerprint density at radius 1 is 1.40 bits per heavy atom. The van der Waals surface area contributed by atoms with Crippen molar-refractivity contribution in [2.24, 2.45) is 0 Å². The van der Waals surface area contributed by atoms with Gasteiger partial charge < -0.3 is 14.6 Å². The number of benzene rings is 1. The second kappa shape index (κ2) is 5.35. The molecule has 0 aliphatic carbocycles. The lowest BCUT2D eigenvalue weighted by Crippen LogP contribution is -2.03. The van der Waals surface area contributed by atoms with E-state index in [0.717, 1.165) is 11.1 Å². The molecule has 3 nitrogen and oxygen atoms in total. The Labute approximate surface area is 94.6 Å². The maximum atomic E-state index is 9.66. The van der Waals surface area contributed by atoms with Gasteiger partial charge in [0.1, 0.15) is 5.75 Å². The summed E-state index contributed by atoms with van der Waals surface area (Å²) in [6, 6.07) is 3.46. The predicted octanol–water partition coefficient (Wildman–Crippen LogP) is 2.55. The summed E-state index contributed by atoms with van der Waals surface area (Å²) >= 11 is 5.92. The first-order chi connectivity index (χ1) is 7.10. The molecule has 0 bridgehead atoms. The molecule has 1 atom stereocenters. The van der Waals surface area contributed by atoms with Crippen LogP contribution < -0.4 is 4.74 Å². The van der Waals surface area contributed by atoms with Gasteiger partial charge in [0.05, 0.1) is 19.8 Å². The second-order valence-electron chi connectivity index (χ2n) is 3.29. The van der Waals surface area contributed by atoms with E-state index in [4.69, 9.17) is 21.1 Å². The van der Waals surface area contributed by atoms with Crippen LogP contribution in [0.1, 0.15) is 24.2 Å². The largest absolute Gasteiger partial charge is 0.496 e. The molecular weight excluding hydrogens is 216 g/mol. The Kier molecular flexibility index (Phi) is 4.39. The van der Waals surface area contributed by atoms with Crippen LogP contribution >= 0.6 is 11.6 Å². The quantitative estimate of drug-likeness (QED) is 0.864. The molecule has 0 aliphatic rings. The molecule has 0 spiro atoms. The monoisotopic (exact) mass is 230 g/mol. The van der Waals surface area contributed by atoms with Gasteiger partial charge in [-0.15, -0.1) is 0 Å². The van der Waals surface area contributed by atoms with Gasteiger partial charge in [0, 0.05) is 17.7 Å². The summed E-state index contributed by atoms with van der Waals surface area (Å²) in [6.07, 6.45) is -0.609. The van der Waals surface area contributed by atoms with E-state index in [1.807, 2.05) is 0 Å². The van der Waals surface area contributed by atoms with Crippen LogP contribution in [0.25, 0.3) is 0 Å². The van der Waals surface area contributed by atoms with Crippen LogP contribution in [0.2, 0.25) is 5.02 Å². The predicted molar refractivity (Wildman–Crippen MR) is 59.4 cm³/mol. The van der Waals surface area contributed by atoms with Crippen LogP contribution in [0.15, 0.2) is 12.1 Å². The van der Waals surface area contributed by atoms with E-state index in [1.165, 1.54) is 0 Å². The van der Waals surface area contributed by atoms with Crippen molar-refractivity contribution in [1.82, 2.24) is 0 Å². The van der Waals surface area contributed by atoms with Crippen molar-refractivity contribution in [3.8, 4) is 5.75 Å². The Balaban J connectivity index is 3.26. The van der Waals surface area contributed by atoms with Crippen molar-refractivity contribution < 1.29 is 14.6 Å². The van der Waals surface area contributed by atoms with E-state index in [1.54, 1.807) is 33.3 Å². The lowest BCUT2D eigenvalue weighted by Gasteiger charge is -2.16. The standard InChI is InChI=1S/C11H15ClO3/c1-7(13)11-8(6-14-2)4-9(12)5-10(11)15-3/h4-5,7,13H,6H2,1-3H3. The summed E-state index contributed by atoms with van der Waals surface area (Å²) in [5.41, 5.74) is 1.57. The zero-order valence-corrected chi connectivity index (χ0v) is 9.84. The number of rotatable bonds is 4. The molecule has 4 heteroatoms. The topological polar surface area (TPSA) is 38.7 Å². The molecule has 0 aromatic heterocycles. The minimum absolute atomic E-state index is 0.400. The molecule has 1 aromatic rings. The first kappa shape index (κ1) is 12.3. The van der Waals surface area contributed by atoms with Crippen LogP contribution in [-0.2, 0) is 11.3 Å². The maximum Gasteiger partial charge on any atom is 0.126 e. The molecule has 15 heavy (non-hydrogen) atoms. The molecule has 0 saturated carbocycles. The van der Waals surface area contributed by atoms with Crippen LogP contribution in [0, 0.1) is 0 Å². The van der Waals surface area contributed by atoms with E-state index in [2.05, 4.69) is 0 Å². The summed E-state index contributed by atoms with van der Waals surface area (Å²) in [7, 11) is 3.15. The Morgan fingerprint density at radius 2 is 2.07 bits per heavy atom. The van der Waals surface area contributed by atoms with Crippen molar-refractivity contribution in [1.29, 1.82) is 0 Å². The van der Waals surface area contributed by atoms with Gasteiger partial charge in [-0.3, -0.25) is 0 Å². The van der Waals surface area contributed by atoms with Crippen LogP contribution in [0.5, 0.6) is 5.75 Å². The van der Waals surface area contributed by atoms with E-state index in [0.29, 0.717) is 17.4 Å². The van der Waals surface area contributed by atoms with E-state index in [-0.39, 0.29) is 0 Å². The van der Waals surface area contributed by atoms with Gasteiger partial charge >= 0.3 is 0 Å². The Hall–Kier alpha value is -0.770. The van der Waals surface area contributed by atoms with Gasteiger partial charge in [-0.2, -0.15) is 0 Å². The molecule has 0 fully saturated rings. The molecule has 0 radical (unpaired) electrons. The van der Waals surface area contributed by atoms with Gasteiger partial charge in [-0.05, 0) is 24.6 Å². The minimum Gasteiger partial charge on any atom is -0.496 e. The summed E-state index contributed by atoms with van der Waals surface area (Å²) in [6.45, 7) is 2.09. The number of aliphatic hydroxyl groups is 1. The normalized spacial score (nSPS) is 12.6. The molecule has 0 amide bonds. The number of ether oxygens (including phenoxy) is 2. The number of hydrogen-bond acceptors (Lipinski definition) is 3. The first-order valence-electron chi connectivity index (χ1n) is 4.63. The highest BCUT2D eigenvalue weighted by atomic mass is 35.5. The first-order valence-corrected chi connectivity index (χ1v) is 5.01. The fourth-order valence-corrected chi connectivity index (χ4v) is 1.80. The van der Waals surface area contributed by atoms with E-state index >= 15 is 0 Å². The highest BCUT2D eigenvalue weighted by Crippen LogP contribution is 2.32. The molecule has 84 valence electrons. The van der Waals surface area contributed by atoms with E-state index in [9.17, 15) is 5.11 Å². The summed E-state index contributed by atoms with van der Waals surface area (Å²) in [5.74, 6) is 0.588. The van der Waals surface area contributed by atoms with Gasteiger partial charge in [0.2, 0.25) is 0 Å². The minimum atomic E-state index is -0.609. The van der Waals surface area contributed by atoms with Crippen molar-refractivity contribution >= 4 is 11.6 Å². The molecule has 0 heterocycles. The highest BCUT2D eigenvalue weighted by Gasteiger charge is 2.15. The SMILES string of the molecule is COCc1cc(Cl)cc(OC)c1C(C)O. The maximum absolute atomic E-state index is 9.66.